The molecule has 0 aliphatic heterocycles. The highest BCUT2D eigenvalue weighted by Gasteiger charge is 2.02. The summed E-state index contributed by atoms with van der Waals surface area (Å²) in [5, 5.41) is 15.9. The van der Waals surface area contributed by atoms with Crippen LogP contribution in [0, 0.1) is 23.7 Å². The van der Waals surface area contributed by atoms with Crippen LogP contribution in [0.1, 0.15) is 17.5 Å². The van der Waals surface area contributed by atoms with E-state index in [2.05, 4.69) is 0 Å². The Labute approximate surface area is 72.0 Å². The monoisotopic (exact) mass is 158 g/mol. The molecule has 0 radical (unpaired) electrons. The summed E-state index contributed by atoms with van der Waals surface area (Å²) in [6.07, 6.45) is 0.185. The number of hydrogen-bond acceptors (Lipinski definition) is 2. The summed E-state index contributed by atoms with van der Waals surface area (Å²) in [5.74, 6) is 0. The maximum absolute atomic E-state index is 8.40. The van der Waals surface area contributed by atoms with Crippen LogP contribution in [-0.4, -0.2) is 5.71 Å². The van der Waals surface area contributed by atoms with Gasteiger partial charge in [0, 0.05) is 0 Å². The molecule has 0 amide bonds. The van der Waals surface area contributed by atoms with E-state index in [-0.39, 0.29) is 6.42 Å². The fourth-order valence-corrected chi connectivity index (χ4v) is 1.09. The summed E-state index contributed by atoms with van der Waals surface area (Å²) in [5.41, 5.74) is 2.33. The third kappa shape index (κ3) is 1.70. The summed E-state index contributed by atoms with van der Waals surface area (Å²) in [4.78, 5) is 0. The standard InChI is InChI=1S/C10H10N2/c1-8-4-2-3-5-9(8)10(12)6-7-11/h2-5,12H,6H2,1H3. The second kappa shape index (κ2) is 3.68. The Morgan fingerprint density at radius 2 is 2.17 bits per heavy atom. The minimum atomic E-state index is 0.185. The molecule has 0 aromatic heterocycles. The molecule has 0 aliphatic carbocycles. The van der Waals surface area contributed by atoms with Gasteiger partial charge in [-0.25, -0.2) is 0 Å². The molecule has 0 aliphatic rings. The van der Waals surface area contributed by atoms with Crippen LogP contribution in [-0.2, 0) is 0 Å². The normalized spacial score (nSPS) is 9.00. The molecule has 0 saturated heterocycles. The van der Waals surface area contributed by atoms with Crippen LogP contribution < -0.4 is 0 Å². The van der Waals surface area contributed by atoms with Gasteiger partial charge in [0.05, 0.1) is 18.2 Å². The molecule has 1 rings (SSSR count). The lowest BCUT2D eigenvalue weighted by Crippen LogP contribution is -1.99. The molecular formula is C10H10N2. The van der Waals surface area contributed by atoms with Gasteiger partial charge in [-0.3, -0.25) is 0 Å². The zero-order valence-corrected chi connectivity index (χ0v) is 6.96. The lowest BCUT2D eigenvalue weighted by Gasteiger charge is -2.02. The van der Waals surface area contributed by atoms with E-state index in [0.717, 1.165) is 11.1 Å². The van der Waals surface area contributed by atoms with Crippen molar-refractivity contribution in [3.05, 3.63) is 35.4 Å². The highest BCUT2D eigenvalue weighted by molar-refractivity contribution is 6.00. The van der Waals surface area contributed by atoms with Crippen LogP contribution in [0.2, 0.25) is 0 Å². The molecule has 1 N–H and O–H groups in total. The van der Waals surface area contributed by atoms with Gasteiger partial charge in [0.25, 0.3) is 0 Å². The van der Waals surface area contributed by atoms with Gasteiger partial charge in [0.1, 0.15) is 0 Å². The fourth-order valence-electron chi connectivity index (χ4n) is 1.09. The van der Waals surface area contributed by atoms with E-state index in [1.165, 1.54) is 0 Å². The topological polar surface area (TPSA) is 47.6 Å². The van der Waals surface area contributed by atoms with Gasteiger partial charge in [0.15, 0.2) is 0 Å². The average Bonchev–Trinajstić information content (AvgIpc) is 2.05. The molecule has 2 nitrogen and oxygen atoms in total. The minimum Gasteiger partial charge on any atom is -0.304 e. The molecule has 0 atom stereocenters. The first kappa shape index (κ1) is 8.48. The summed E-state index contributed by atoms with van der Waals surface area (Å²) >= 11 is 0. The second-order valence-corrected chi connectivity index (χ2v) is 2.63. The number of aryl methyl sites for hydroxylation is 1. The van der Waals surface area contributed by atoms with Gasteiger partial charge in [-0.1, -0.05) is 24.3 Å². The maximum Gasteiger partial charge on any atom is 0.0773 e. The molecular weight excluding hydrogens is 148 g/mol. The number of benzene rings is 1. The molecule has 2 heteroatoms. The minimum absolute atomic E-state index is 0.185. The molecule has 1 aromatic rings. The van der Waals surface area contributed by atoms with Crippen molar-refractivity contribution < 1.29 is 0 Å². The van der Waals surface area contributed by atoms with Gasteiger partial charge in [-0.2, -0.15) is 5.26 Å². The van der Waals surface area contributed by atoms with E-state index < -0.39 is 0 Å². The van der Waals surface area contributed by atoms with Gasteiger partial charge in [-0.05, 0) is 18.1 Å². The van der Waals surface area contributed by atoms with E-state index in [1.54, 1.807) is 0 Å². The molecule has 0 fully saturated rings. The van der Waals surface area contributed by atoms with Crippen molar-refractivity contribution in [1.29, 1.82) is 10.7 Å². The molecule has 0 saturated carbocycles. The lowest BCUT2D eigenvalue weighted by atomic mass is 10.0. The van der Waals surface area contributed by atoms with Crippen molar-refractivity contribution >= 4 is 5.71 Å². The quantitative estimate of drug-likeness (QED) is 0.659. The van der Waals surface area contributed by atoms with E-state index >= 15 is 0 Å². The Bertz CT molecular complexity index is 334. The second-order valence-electron chi connectivity index (χ2n) is 2.63. The van der Waals surface area contributed by atoms with Gasteiger partial charge in [0.2, 0.25) is 0 Å². The summed E-state index contributed by atoms with van der Waals surface area (Å²) < 4.78 is 0. The first-order chi connectivity index (χ1) is 5.75. The van der Waals surface area contributed by atoms with Crippen LogP contribution in [0.3, 0.4) is 0 Å². The number of nitrogens with zero attached hydrogens (tertiary/aromatic N) is 1. The predicted octanol–water partition coefficient (Wildman–Crippen LogP) is 2.28. The van der Waals surface area contributed by atoms with Crippen LogP contribution in [0.25, 0.3) is 0 Å². The molecule has 1 aromatic carbocycles. The zero-order valence-electron chi connectivity index (χ0n) is 6.96. The zero-order chi connectivity index (χ0) is 8.97. The Morgan fingerprint density at radius 3 is 2.75 bits per heavy atom. The Hall–Kier alpha value is -1.62. The maximum atomic E-state index is 8.40. The van der Waals surface area contributed by atoms with E-state index in [9.17, 15) is 0 Å². The SMILES string of the molecule is Cc1ccccc1C(=N)CC#N. The fraction of sp³-hybridized carbons (Fsp3) is 0.200. The van der Waals surface area contributed by atoms with Gasteiger partial charge >= 0.3 is 0 Å². The van der Waals surface area contributed by atoms with Crippen LogP contribution in [0.5, 0.6) is 0 Å². The molecule has 0 bridgehead atoms. The molecule has 12 heavy (non-hydrogen) atoms. The van der Waals surface area contributed by atoms with Crippen molar-refractivity contribution in [2.24, 2.45) is 0 Å². The first-order valence-corrected chi connectivity index (χ1v) is 3.76. The molecule has 0 spiro atoms. The summed E-state index contributed by atoms with van der Waals surface area (Å²) in [7, 11) is 0. The van der Waals surface area contributed by atoms with Crippen molar-refractivity contribution in [2.45, 2.75) is 13.3 Å². The molecule has 0 heterocycles. The van der Waals surface area contributed by atoms with Crippen molar-refractivity contribution in [1.82, 2.24) is 0 Å². The van der Waals surface area contributed by atoms with Crippen LogP contribution in [0.4, 0.5) is 0 Å². The van der Waals surface area contributed by atoms with Crippen LogP contribution in [0.15, 0.2) is 24.3 Å². The Morgan fingerprint density at radius 1 is 1.50 bits per heavy atom. The number of rotatable bonds is 2. The predicted molar refractivity (Wildman–Crippen MR) is 48.2 cm³/mol. The lowest BCUT2D eigenvalue weighted by molar-refractivity contribution is 1.31. The number of hydrogen-bond donors (Lipinski definition) is 1. The van der Waals surface area contributed by atoms with E-state index in [4.69, 9.17) is 10.7 Å². The van der Waals surface area contributed by atoms with Crippen molar-refractivity contribution in [3.63, 3.8) is 0 Å². The highest BCUT2D eigenvalue weighted by atomic mass is 14.4. The van der Waals surface area contributed by atoms with E-state index in [1.807, 2.05) is 37.3 Å². The van der Waals surface area contributed by atoms with Gasteiger partial charge < -0.3 is 5.41 Å². The highest BCUT2D eigenvalue weighted by Crippen LogP contribution is 2.08. The average molecular weight is 158 g/mol. The molecule has 60 valence electrons. The van der Waals surface area contributed by atoms with Crippen molar-refractivity contribution in [3.8, 4) is 6.07 Å². The summed E-state index contributed by atoms with van der Waals surface area (Å²) in [6.45, 7) is 1.95. The molecule has 0 unspecified atom stereocenters. The smallest absolute Gasteiger partial charge is 0.0773 e. The first-order valence-electron chi connectivity index (χ1n) is 3.76. The van der Waals surface area contributed by atoms with Crippen LogP contribution >= 0.6 is 0 Å². The third-order valence-electron chi connectivity index (χ3n) is 1.73. The largest absolute Gasteiger partial charge is 0.304 e. The number of nitrogens with one attached hydrogen (secondary N) is 1. The van der Waals surface area contributed by atoms with Crippen molar-refractivity contribution in [2.75, 3.05) is 0 Å². The third-order valence-corrected chi connectivity index (χ3v) is 1.73. The Kier molecular flexibility index (Phi) is 2.60. The Balaban J connectivity index is 2.97. The van der Waals surface area contributed by atoms with E-state index in [0.29, 0.717) is 5.71 Å². The summed E-state index contributed by atoms with van der Waals surface area (Å²) in [6, 6.07) is 9.60. The van der Waals surface area contributed by atoms with Gasteiger partial charge in [-0.15, -0.1) is 0 Å². The number of nitriles is 1.